The van der Waals surface area contributed by atoms with Crippen LogP contribution in [0.15, 0.2) is 42.5 Å². The smallest absolute Gasteiger partial charge is 0.410 e. The first-order chi connectivity index (χ1) is 10.3. The van der Waals surface area contributed by atoms with Crippen LogP contribution in [0.1, 0.15) is 32.8 Å². The van der Waals surface area contributed by atoms with Gasteiger partial charge in [-0.3, -0.25) is 0 Å². The van der Waals surface area contributed by atoms with E-state index >= 15 is 0 Å². The van der Waals surface area contributed by atoms with E-state index in [1.165, 1.54) is 12.1 Å². The predicted octanol–water partition coefficient (Wildman–Crippen LogP) is 4.41. The molecule has 4 heteroatoms. The maximum absolute atomic E-state index is 13.3. The minimum atomic E-state index is -0.494. The van der Waals surface area contributed by atoms with Crippen molar-refractivity contribution in [2.75, 3.05) is 13.1 Å². The van der Waals surface area contributed by atoms with Crippen molar-refractivity contribution in [3.8, 4) is 0 Å². The first-order valence-corrected chi connectivity index (χ1v) is 7.38. The van der Waals surface area contributed by atoms with Gasteiger partial charge in [0.15, 0.2) is 0 Å². The minimum Gasteiger partial charge on any atom is -0.444 e. The number of benzene rings is 1. The quantitative estimate of drug-likeness (QED) is 0.810. The number of carbonyl (C=O) groups is 1. The van der Waals surface area contributed by atoms with Gasteiger partial charge in [-0.25, -0.2) is 9.18 Å². The van der Waals surface area contributed by atoms with Crippen LogP contribution in [-0.2, 0) is 4.74 Å². The van der Waals surface area contributed by atoms with E-state index in [-0.39, 0.29) is 11.9 Å². The molecule has 0 bridgehead atoms. The summed E-state index contributed by atoms with van der Waals surface area (Å²) in [6.07, 6.45) is 2.34. The Kier molecular flexibility index (Phi) is 4.69. The molecule has 0 aromatic heterocycles. The highest BCUT2D eigenvalue weighted by molar-refractivity contribution is 5.78. The van der Waals surface area contributed by atoms with Gasteiger partial charge < -0.3 is 9.64 Å². The number of halogens is 1. The lowest BCUT2D eigenvalue weighted by Crippen LogP contribution is -2.39. The molecule has 0 N–H and O–H groups in total. The third-order valence-electron chi connectivity index (χ3n) is 3.42. The van der Waals surface area contributed by atoms with Crippen LogP contribution in [0.25, 0.3) is 5.57 Å². The fraction of sp³-hybridized carbons (Fsp3) is 0.389. The van der Waals surface area contributed by atoms with Crippen LogP contribution in [0.2, 0.25) is 0 Å². The molecule has 2 rings (SSSR count). The van der Waals surface area contributed by atoms with Crippen LogP contribution in [0.5, 0.6) is 0 Å². The van der Waals surface area contributed by atoms with Crippen molar-refractivity contribution in [3.63, 3.8) is 0 Å². The Balaban J connectivity index is 2.02. The number of rotatable bonds is 2. The molecule has 1 aliphatic heterocycles. The fourth-order valence-corrected chi connectivity index (χ4v) is 2.30. The van der Waals surface area contributed by atoms with Gasteiger partial charge in [-0.05, 0) is 56.0 Å². The number of hydrogen-bond acceptors (Lipinski definition) is 2. The second kappa shape index (κ2) is 6.34. The van der Waals surface area contributed by atoms with Crippen LogP contribution < -0.4 is 0 Å². The monoisotopic (exact) mass is 303 g/mol. The third-order valence-corrected chi connectivity index (χ3v) is 3.42. The Labute approximate surface area is 131 Å². The van der Waals surface area contributed by atoms with Crippen molar-refractivity contribution >= 4 is 11.7 Å². The summed E-state index contributed by atoms with van der Waals surface area (Å²) in [5, 5.41) is 0. The molecule has 1 aromatic carbocycles. The molecule has 0 atom stereocenters. The van der Waals surface area contributed by atoms with Crippen molar-refractivity contribution in [2.45, 2.75) is 32.8 Å². The van der Waals surface area contributed by atoms with Crippen LogP contribution in [0.3, 0.4) is 0 Å². The molecule has 1 aliphatic rings. The highest BCUT2D eigenvalue weighted by atomic mass is 19.1. The molecule has 1 aromatic rings. The molecule has 0 fully saturated rings. The lowest BCUT2D eigenvalue weighted by molar-refractivity contribution is 0.0267. The Morgan fingerprint density at radius 3 is 2.64 bits per heavy atom. The fourth-order valence-electron chi connectivity index (χ4n) is 2.30. The van der Waals surface area contributed by atoms with Gasteiger partial charge >= 0.3 is 6.09 Å². The van der Waals surface area contributed by atoms with Crippen LogP contribution in [0, 0.1) is 5.82 Å². The van der Waals surface area contributed by atoms with Crippen LogP contribution in [0.4, 0.5) is 9.18 Å². The molecule has 22 heavy (non-hydrogen) atoms. The van der Waals surface area contributed by atoms with E-state index in [1.807, 2.05) is 32.9 Å². The summed E-state index contributed by atoms with van der Waals surface area (Å²) in [6, 6.07) is 6.40. The number of ether oxygens (including phenoxy) is 1. The summed E-state index contributed by atoms with van der Waals surface area (Å²) in [6.45, 7) is 10.7. The molecule has 1 heterocycles. The van der Waals surface area contributed by atoms with Gasteiger partial charge in [0, 0.05) is 13.1 Å². The Morgan fingerprint density at radius 1 is 1.36 bits per heavy atom. The van der Waals surface area contributed by atoms with Crippen molar-refractivity contribution in [1.82, 2.24) is 4.90 Å². The maximum Gasteiger partial charge on any atom is 0.410 e. The molecular weight excluding hydrogens is 281 g/mol. The van der Waals surface area contributed by atoms with Crippen molar-refractivity contribution in [1.29, 1.82) is 0 Å². The standard InChI is InChI=1S/C18H22FNO2/c1-13(15-6-5-7-16(19)12-15)14-8-10-20(11-9-14)17(21)22-18(2,3)4/h5-8,12H,1,9-11H2,2-4H3. The van der Waals surface area contributed by atoms with Gasteiger partial charge in [-0.1, -0.05) is 24.8 Å². The van der Waals surface area contributed by atoms with E-state index in [0.29, 0.717) is 19.5 Å². The van der Waals surface area contributed by atoms with Crippen LogP contribution >= 0.6 is 0 Å². The SMILES string of the molecule is C=C(C1=CCN(C(=O)OC(C)(C)C)CC1)c1cccc(F)c1. The second-order valence-corrected chi connectivity index (χ2v) is 6.39. The summed E-state index contributed by atoms with van der Waals surface area (Å²) in [4.78, 5) is 13.7. The third kappa shape index (κ3) is 4.20. The molecule has 0 spiro atoms. The Hall–Kier alpha value is -2.10. The molecular formula is C18H22FNO2. The topological polar surface area (TPSA) is 29.5 Å². The van der Waals surface area contributed by atoms with E-state index in [2.05, 4.69) is 6.58 Å². The van der Waals surface area contributed by atoms with Gasteiger partial charge in [0.1, 0.15) is 11.4 Å². The summed E-state index contributed by atoms with van der Waals surface area (Å²) in [5.41, 5.74) is 2.14. The highest BCUT2D eigenvalue weighted by Crippen LogP contribution is 2.27. The van der Waals surface area contributed by atoms with Crippen molar-refractivity contribution in [3.05, 3.63) is 53.9 Å². The van der Waals surface area contributed by atoms with E-state index in [0.717, 1.165) is 16.7 Å². The number of allylic oxidation sites excluding steroid dienone is 1. The maximum atomic E-state index is 13.3. The summed E-state index contributed by atoms with van der Waals surface area (Å²) >= 11 is 0. The zero-order valence-electron chi connectivity index (χ0n) is 13.4. The first kappa shape index (κ1) is 16.3. The lowest BCUT2D eigenvalue weighted by Gasteiger charge is -2.30. The Bertz CT molecular complexity index is 614. The number of nitrogens with zero attached hydrogens (tertiary/aromatic N) is 1. The molecule has 3 nitrogen and oxygen atoms in total. The van der Waals surface area contributed by atoms with Gasteiger partial charge in [-0.2, -0.15) is 0 Å². The lowest BCUT2D eigenvalue weighted by atomic mass is 9.95. The molecule has 1 amide bonds. The normalized spacial score (nSPS) is 15.3. The molecule has 0 unspecified atom stereocenters. The van der Waals surface area contributed by atoms with E-state index < -0.39 is 5.60 Å². The second-order valence-electron chi connectivity index (χ2n) is 6.39. The first-order valence-electron chi connectivity index (χ1n) is 7.38. The molecule has 0 saturated heterocycles. The van der Waals surface area contributed by atoms with Gasteiger partial charge in [0.05, 0.1) is 0 Å². The highest BCUT2D eigenvalue weighted by Gasteiger charge is 2.24. The average molecular weight is 303 g/mol. The summed E-state index contributed by atoms with van der Waals surface area (Å²) in [7, 11) is 0. The van der Waals surface area contributed by atoms with Gasteiger partial charge in [0.25, 0.3) is 0 Å². The van der Waals surface area contributed by atoms with Crippen molar-refractivity contribution in [2.24, 2.45) is 0 Å². The van der Waals surface area contributed by atoms with Crippen molar-refractivity contribution < 1.29 is 13.9 Å². The predicted molar refractivity (Wildman–Crippen MR) is 85.9 cm³/mol. The summed E-state index contributed by atoms with van der Waals surface area (Å²) < 4.78 is 18.6. The average Bonchev–Trinajstić information content (AvgIpc) is 2.45. The van der Waals surface area contributed by atoms with Crippen LogP contribution in [-0.4, -0.2) is 29.7 Å². The summed E-state index contributed by atoms with van der Waals surface area (Å²) in [5.74, 6) is -0.273. The molecule has 0 aliphatic carbocycles. The molecule has 0 saturated carbocycles. The number of carbonyl (C=O) groups excluding carboxylic acids is 1. The van der Waals surface area contributed by atoms with Gasteiger partial charge in [0.2, 0.25) is 0 Å². The largest absolute Gasteiger partial charge is 0.444 e. The minimum absolute atomic E-state index is 0.273. The zero-order chi connectivity index (χ0) is 16.3. The van der Waals surface area contributed by atoms with Gasteiger partial charge in [-0.15, -0.1) is 0 Å². The van der Waals surface area contributed by atoms with E-state index in [1.54, 1.807) is 11.0 Å². The molecule has 0 radical (unpaired) electrons. The van der Waals surface area contributed by atoms with E-state index in [9.17, 15) is 9.18 Å². The number of hydrogen-bond donors (Lipinski definition) is 0. The molecule has 118 valence electrons. The number of amides is 1. The Morgan fingerprint density at radius 2 is 2.09 bits per heavy atom. The van der Waals surface area contributed by atoms with E-state index in [4.69, 9.17) is 4.74 Å². The zero-order valence-corrected chi connectivity index (χ0v) is 13.4.